The fraction of sp³-hybridized carbons (Fsp3) is 0.273. The average Bonchev–Trinajstić information content (AvgIpc) is 2.21. The lowest BCUT2D eigenvalue weighted by atomic mass is 10.2. The van der Waals surface area contributed by atoms with Gasteiger partial charge in [-0.1, -0.05) is 17.9 Å². The van der Waals surface area contributed by atoms with Gasteiger partial charge in [-0.25, -0.2) is 0 Å². The second-order valence-electron chi connectivity index (χ2n) is 2.63. The summed E-state index contributed by atoms with van der Waals surface area (Å²) >= 11 is 4.04. The van der Waals surface area contributed by atoms with E-state index in [1.54, 1.807) is 18.2 Å². The van der Waals surface area contributed by atoms with Crippen LogP contribution in [0.1, 0.15) is 12.0 Å². The third kappa shape index (κ3) is 2.61. The van der Waals surface area contributed by atoms with Gasteiger partial charge in [0, 0.05) is 12.2 Å². The molecule has 74 valence electrons. The van der Waals surface area contributed by atoms with E-state index in [4.69, 9.17) is 4.74 Å². The molecule has 0 aliphatic carbocycles. The SMILES string of the molecule is COc1cccc(C#CCCS)c1O. The number of methoxy groups -OCH3 is 1. The van der Waals surface area contributed by atoms with Gasteiger partial charge < -0.3 is 9.84 Å². The summed E-state index contributed by atoms with van der Waals surface area (Å²) in [7, 11) is 1.51. The average molecular weight is 208 g/mol. The highest BCUT2D eigenvalue weighted by Gasteiger charge is 2.03. The van der Waals surface area contributed by atoms with Crippen LogP contribution in [0.25, 0.3) is 0 Å². The highest BCUT2D eigenvalue weighted by Crippen LogP contribution is 2.28. The van der Waals surface area contributed by atoms with Crippen LogP contribution in [-0.2, 0) is 0 Å². The fourth-order valence-corrected chi connectivity index (χ4v) is 1.11. The summed E-state index contributed by atoms with van der Waals surface area (Å²) in [4.78, 5) is 0. The molecular formula is C11H12O2S. The molecule has 0 saturated carbocycles. The van der Waals surface area contributed by atoms with Crippen LogP contribution in [0.3, 0.4) is 0 Å². The topological polar surface area (TPSA) is 29.5 Å². The summed E-state index contributed by atoms with van der Waals surface area (Å²) in [5.74, 6) is 7.03. The Balaban J connectivity index is 2.94. The normalized spacial score (nSPS) is 9.00. The fourth-order valence-electron chi connectivity index (χ4n) is 1.00. The third-order valence-electron chi connectivity index (χ3n) is 1.68. The van der Waals surface area contributed by atoms with Crippen molar-refractivity contribution in [3.8, 4) is 23.3 Å². The number of thiol groups is 1. The number of phenols is 1. The highest BCUT2D eigenvalue weighted by molar-refractivity contribution is 7.80. The molecule has 14 heavy (non-hydrogen) atoms. The molecule has 1 rings (SSSR count). The van der Waals surface area contributed by atoms with Crippen LogP contribution in [0.5, 0.6) is 11.5 Å². The molecule has 0 fully saturated rings. The zero-order valence-corrected chi connectivity index (χ0v) is 8.84. The largest absolute Gasteiger partial charge is 0.503 e. The number of hydrogen-bond donors (Lipinski definition) is 2. The summed E-state index contributed by atoms with van der Waals surface area (Å²) < 4.78 is 4.96. The van der Waals surface area contributed by atoms with Gasteiger partial charge in [0.05, 0.1) is 12.7 Å². The van der Waals surface area contributed by atoms with Gasteiger partial charge in [0.1, 0.15) is 0 Å². The standard InChI is InChI=1S/C11H12O2S/c1-13-10-7-4-6-9(11(10)12)5-2-3-8-14/h4,6-7,12,14H,3,8H2,1H3. The van der Waals surface area contributed by atoms with Crippen LogP contribution in [0.4, 0.5) is 0 Å². The Bertz CT molecular complexity index is 363. The predicted octanol–water partition coefficient (Wildman–Crippen LogP) is 2.07. The molecule has 1 N–H and O–H groups in total. The summed E-state index contributed by atoms with van der Waals surface area (Å²) in [5, 5.41) is 9.64. The monoisotopic (exact) mass is 208 g/mol. The highest BCUT2D eigenvalue weighted by atomic mass is 32.1. The summed E-state index contributed by atoms with van der Waals surface area (Å²) in [5.41, 5.74) is 0.589. The summed E-state index contributed by atoms with van der Waals surface area (Å²) in [6.45, 7) is 0. The Hall–Kier alpha value is -1.27. The lowest BCUT2D eigenvalue weighted by Crippen LogP contribution is -1.85. The van der Waals surface area contributed by atoms with E-state index in [2.05, 4.69) is 24.5 Å². The maximum Gasteiger partial charge on any atom is 0.173 e. The Kier molecular flexibility index (Phi) is 4.21. The number of aromatic hydroxyl groups is 1. The van der Waals surface area contributed by atoms with E-state index in [-0.39, 0.29) is 5.75 Å². The smallest absolute Gasteiger partial charge is 0.173 e. The van der Waals surface area contributed by atoms with Gasteiger partial charge in [-0.2, -0.15) is 12.6 Å². The zero-order valence-electron chi connectivity index (χ0n) is 7.95. The van der Waals surface area contributed by atoms with Crippen LogP contribution in [-0.4, -0.2) is 18.0 Å². The summed E-state index contributed by atoms with van der Waals surface area (Å²) in [6.07, 6.45) is 0.708. The molecule has 1 aromatic carbocycles. The first kappa shape index (κ1) is 10.8. The van der Waals surface area contributed by atoms with E-state index in [1.807, 2.05) is 0 Å². The third-order valence-corrected chi connectivity index (χ3v) is 1.90. The molecular weight excluding hydrogens is 196 g/mol. The van der Waals surface area contributed by atoms with E-state index in [0.717, 1.165) is 5.75 Å². The van der Waals surface area contributed by atoms with Crippen molar-refractivity contribution in [2.45, 2.75) is 6.42 Å². The van der Waals surface area contributed by atoms with Crippen molar-refractivity contribution in [3.63, 3.8) is 0 Å². The van der Waals surface area contributed by atoms with Crippen molar-refractivity contribution in [3.05, 3.63) is 23.8 Å². The lowest BCUT2D eigenvalue weighted by Gasteiger charge is -2.03. The number of para-hydroxylation sites is 1. The van der Waals surface area contributed by atoms with Gasteiger partial charge in [-0.3, -0.25) is 0 Å². The Morgan fingerprint density at radius 1 is 1.50 bits per heavy atom. The molecule has 2 nitrogen and oxygen atoms in total. The number of phenolic OH excluding ortho intramolecular Hbond substituents is 1. The number of benzene rings is 1. The van der Waals surface area contributed by atoms with Crippen LogP contribution >= 0.6 is 12.6 Å². The summed E-state index contributed by atoms with van der Waals surface area (Å²) in [6, 6.07) is 5.24. The Morgan fingerprint density at radius 2 is 2.29 bits per heavy atom. The predicted molar refractivity (Wildman–Crippen MR) is 60.0 cm³/mol. The van der Waals surface area contributed by atoms with Gasteiger partial charge in [-0.15, -0.1) is 0 Å². The van der Waals surface area contributed by atoms with Crippen LogP contribution in [0.15, 0.2) is 18.2 Å². The quantitative estimate of drug-likeness (QED) is 0.575. The van der Waals surface area contributed by atoms with Gasteiger partial charge in [0.2, 0.25) is 0 Å². The van der Waals surface area contributed by atoms with E-state index >= 15 is 0 Å². The van der Waals surface area contributed by atoms with Crippen molar-refractivity contribution < 1.29 is 9.84 Å². The molecule has 0 spiro atoms. The molecule has 0 unspecified atom stereocenters. The van der Waals surface area contributed by atoms with E-state index < -0.39 is 0 Å². The van der Waals surface area contributed by atoms with Crippen molar-refractivity contribution >= 4 is 12.6 Å². The Labute approximate surface area is 89.3 Å². The van der Waals surface area contributed by atoms with Crippen molar-refractivity contribution in [1.82, 2.24) is 0 Å². The van der Waals surface area contributed by atoms with Crippen LogP contribution in [0.2, 0.25) is 0 Å². The minimum absolute atomic E-state index is 0.0988. The van der Waals surface area contributed by atoms with E-state index in [0.29, 0.717) is 17.7 Å². The molecule has 0 saturated heterocycles. The Morgan fingerprint density at radius 3 is 2.93 bits per heavy atom. The van der Waals surface area contributed by atoms with Gasteiger partial charge in [0.15, 0.2) is 11.5 Å². The molecule has 0 atom stereocenters. The molecule has 1 aromatic rings. The maximum absolute atomic E-state index is 9.64. The molecule has 3 heteroatoms. The first-order chi connectivity index (χ1) is 6.79. The molecule has 0 heterocycles. The van der Waals surface area contributed by atoms with E-state index in [9.17, 15) is 5.11 Å². The van der Waals surface area contributed by atoms with Crippen molar-refractivity contribution in [2.24, 2.45) is 0 Å². The van der Waals surface area contributed by atoms with Crippen LogP contribution in [0, 0.1) is 11.8 Å². The first-order valence-electron chi connectivity index (χ1n) is 4.25. The minimum atomic E-state index is 0.0988. The first-order valence-corrected chi connectivity index (χ1v) is 4.88. The molecule has 0 radical (unpaired) electrons. The van der Waals surface area contributed by atoms with Gasteiger partial charge in [0.25, 0.3) is 0 Å². The second-order valence-corrected chi connectivity index (χ2v) is 3.08. The lowest BCUT2D eigenvalue weighted by molar-refractivity contribution is 0.373. The van der Waals surface area contributed by atoms with Crippen molar-refractivity contribution in [1.29, 1.82) is 0 Å². The number of hydrogen-bond acceptors (Lipinski definition) is 3. The molecule has 0 bridgehead atoms. The molecule has 0 aromatic heterocycles. The number of ether oxygens (including phenoxy) is 1. The van der Waals surface area contributed by atoms with E-state index in [1.165, 1.54) is 7.11 Å². The zero-order chi connectivity index (χ0) is 10.4. The molecule has 0 aliphatic rings. The molecule has 0 aliphatic heterocycles. The maximum atomic E-state index is 9.64. The molecule has 0 amide bonds. The second kappa shape index (κ2) is 5.46. The van der Waals surface area contributed by atoms with Crippen LogP contribution < -0.4 is 4.74 Å². The minimum Gasteiger partial charge on any atom is -0.503 e. The van der Waals surface area contributed by atoms with Gasteiger partial charge in [-0.05, 0) is 12.1 Å². The van der Waals surface area contributed by atoms with Gasteiger partial charge >= 0.3 is 0 Å². The van der Waals surface area contributed by atoms with Crippen molar-refractivity contribution in [2.75, 3.05) is 12.9 Å². The number of rotatable bonds is 2.